The molecule has 0 spiro atoms. The molecule has 2 aromatic heterocycles. The summed E-state index contributed by atoms with van der Waals surface area (Å²) in [6, 6.07) is 19.3. The van der Waals surface area contributed by atoms with Crippen LogP contribution in [0, 0.1) is 0 Å². The Kier molecular flexibility index (Phi) is 5.95. The largest absolute Gasteiger partial charge is 0.497 e. The average molecular weight is 456 g/mol. The molecule has 2 aromatic carbocycles. The number of benzene rings is 2. The van der Waals surface area contributed by atoms with Crippen LogP contribution in [0.5, 0.6) is 5.75 Å². The van der Waals surface area contributed by atoms with Crippen LogP contribution in [0.15, 0.2) is 71.4 Å². The normalized spacial score (nSPS) is 13.7. The van der Waals surface area contributed by atoms with Gasteiger partial charge in [-0.15, -0.1) is 0 Å². The number of carbonyl (C=O) groups excluding carboxylic acids is 1. The molecule has 0 aliphatic carbocycles. The van der Waals surface area contributed by atoms with Crippen molar-refractivity contribution in [2.75, 3.05) is 43.1 Å². The molecular weight excluding hydrogens is 430 g/mol. The summed E-state index contributed by atoms with van der Waals surface area (Å²) in [4.78, 5) is 25.2. The number of nitrogens with zero attached hydrogens (tertiary/aromatic N) is 5. The fraction of sp³-hybridized carbons (Fsp3) is 0.231. The fourth-order valence-corrected chi connectivity index (χ4v) is 4.00. The Labute approximate surface area is 197 Å². The van der Waals surface area contributed by atoms with Crippen molar-refractivity contribution in [1.82, 2.24) is 15.1 Å². The molecular formula is C26H25N5O3. The lowest BCUT2D eigenvalue weighted by molar-refractivity contribution is 0.101. The fourth-order valence-electron chi connectivity index (χ4n) is 4.00. The Bertz CT molecular complexity index is 1260. The molecule has 1 aliphatic rings. The Morgan fingerprint density at radius 2 is 1.56 bits per heavy atom. The third-order valence-corrected chi connectivity index (χ3v) is 6.01. The number of pyridine rings is 1. The molecule has 172 valence electrons. The number of hydrogen-bond acceptors (Lipinski definition) is 8. The van der Waals surface area contributed by atoms with Crippen LogP contribution in [0.3, 0.4) is 0 Å². The van der Waals surface area contributed by atoms with E-state index in [2.05, 4.69) is 24.9 Å². The molecule has 1 saturated heterocycles. The minimum Gasteiger partial charge on any atom is -0.497 e. The summed E-state index contributed by atoms with van der Waals surface area (Å²) in [6.45, 7) is 5.09. The van der Waals surface area contributed by atoms with E-state index in [0.29, 0.717) is 11.7 Å². The Balaban J connectivity index is 1.22. The lowest BCUT2D eigenvalue weighted by Crippen LogP contribution is -2.46. The first-order valence-electron chi connectivity index (χ1n) is 11.2. The lowest BCUT2D eigenvalue weighted by Gasteiger charge is -2.36. The molecule has 1 fully saturated rings. The first-order chi connectivity index (χ1) is 16.6. The summed E-state index contributed by atoms with van der Waals surface area (Å²) in [7, 11) is 1.63. The van der Waals surface area contributed by atoms with Crippen molar-refractivity contribution >= 4 is 17.3 Å². The van der Waals surface area contributed by atoms with Crippen LogP contribution in [0.2, 0.25) is 0 Å². The van der Waals surface area contributed by atoms with Crippen LogP contribution in [0.25, 0.3) is 22.8 Å². The number of rotatable bonds is 6. The van der Waals surface area contributed by atoms with E-state index in [4.69, 9.17) is 9.26 Å². The highest BCUT2D eigenvalue weighted by Gasteiger charge is 2.19. The molecule has 0 saturated carbocycles. The van der Waals surface area contributed by atoms with Gasteiger partial charge in [-0.3, -0.25) is 4.79 Å². The maximum atomic E-state index is 11.5. The molecule has 0 radical (unpaired) electrons. The summed E-state index contributed by atoms with van der Waals surface area (Å²) in [5.74, 6) is 2.74. The zero-order valence-electron chi connectivity index (χ0n) is 19.1. The molecule has 5 rings (SSSR count). The van der Waals surface area contributed by atoms with Crippen molar-refractivity contribution in [3.05, 3.63) is 72.4 Å². The number of anilines is 2. The van der Waals surface area contributed by atoms with Crippen LogP contribution >= 0.6 is 0 Å². The van der Waals surface area contributed by atoms with Crippen molar-refractivity contribution in [3.63, 3.8) is 0 Å². The molecule has 0 atom stereocenters. The molecule has 4 aromatic rings. The van der Waals surface area contributed by atoms with Crippen LogP contribution in [-0.4, -0.2) is 54.2 Å². The van der Waals surface area contributed by atoms with Gasteiger partial charge in [0.05, 0.1) is 12.7 Å². The minimum atomic E-state index is 0.0865. The SMILES string of the molecule is COc1ccc(-c2noc(-c3ccc(N4CCN(c5ccc(C(C)=O)cc5)CC4)nc3)n2)cc1. The Hall–Kier alpha value is -4.20. The van der Waals surface area contributed by atoms with E-state index in [9.17, 15) is 4.79 Å². The zero-order valence-corrected chi connectivity index (χ0v) is 19.1. The zero-order chi connectivity index (χ0) is 23.5. The monoisotopic (exact) mass is 455 g/mol. The number of carbonyl (C=O) groups is 1. The molecule has 8 nitrogen and oxygen atoms in total. The van der Waals surface area contributed by atoms with Crippen LogP contribution in [0.1, 0.15) is 17.3 Å². The lowest BCUT2D eigenvalue weighted by atomic mass is 10.1. The number of aromatic nitrogens is 3. The number of piperazine rings is 1. The quantitative estimate of drug-likeness (QED) is 0.397. The van der Waals surface area contributed by atoms with E-state index in [-0.39, 0.29) is 5.78 Å². The maximum absolute atomic E-state index is 11.5. The number of Topliss-reactive ketones (excluding diaryl/α,β-unsaturated/α-hetero) is 1. The van der Waals surface area contributed by atoms with Gasteiger partial charge in [0.15, 0.2) is 5.78 Å². The molecule has 1 aliphatic heterocycles. The van der Waals surface area contributed by atoms with Gasteiger partial charge in [-0.2, -0.15) is 4.98 Å². The van der Waals surface area contributed by atoms with Crippen molar-refractivity contribution in [2.24, 2.45) is 0 Å². The van der Waals surface area contributed by atoms with E-state index in [1.165, 1.54) is 0 Å². The first kappa shape index (κ1) is 21.6. The van der Waals surface area contributed by atoms with Crippen molar-refractivity contribution < 1.29 is 14.1 Å². The maximum Gasteiger partial charge on any atom is 0.259 e. The average Bonchev–Trinajstić information content (AvgIpc) is 3.39. The van der Waals surface area contributed by atoms with E-state index < -0.39 is 0 Å². The minimum absolute atomic E-state index is 0.0865. The van der Waals surface area contributed by atoms with E-state index in [1.54, 1.807) is 20.2 Å². The molecule has 34 heavy (non-hydrogen) atoms. The molecule has 0 bridgehead atoms. The third-order valence-electron chi connectivity index (χ3n) is 6.01. The predicted octanol–water partition coefficient (Wildman–Crippen LogP) is 4.34. The second kappa shape index (κ2) is 9.35. The third kappa shape index (κ3) is 4.47. The predicted molar refractivity (Wildman–Crippen MR) is 130 cm³/mol. The van der Waals surface area contributed by atoms with Crippen LogP contribution < -0.4 is 14.5 Å². The topological polar surface area (TPSA) is 84.6 Å². The first-order valence-corrected chi connectivity index (χ1v) is 11.2. The summed E-state index contributed by atoms with van der Waals surface area (Å²) in [6.07, 6.45) is 1.77. The van der Waals surface area contributed by atoms with Crippen molar-refractivity contribution in [1.29, 1.82) is 0 Å². The Morgan fingerprint density at radius 3 is 2.18 bits per heavy atom. The number of hydrogen-bond donors (Lipinski definition) is 0. The highest BCUT2D eigenvalue weighted by atomic mass is 16.5. The van der Waals surface area contributed by atoms with E-state index in [1.807, 2.05) is 60.7 Å². The van der Waals surface area contributed by atoms with Crippen LogP contribution in [0.4, 0.5) is 11.5 Å². The summed E-state index contributed by atoms with van der Waals surface area (Å²) in [5.41, 5.74) is 3.51. The van der Waals surface area contributed by atoms with Gasteiger partial charge in [0.1, 0.15) is 11.6 Å². The van der Waals surface area contributed by atoms with Gasteiger partial charge in [0, 0.05) is 49.2 Å². The second-order valence-corrected chi connectivity index (χ2v) is 8.13. The number of ketones is 1. The van der Waals surface area contributed by atoms with Gasteiger partial charge in [-0.05, 0) is 67.6 Å². The van der Waals surface area contributed by atoms with Crippen molar-refractivity contribution in [2.45, 2.75) is 6.92 Å². The van der Waals surface area contributed by atoms with Crippen LogP contribution in [-0.2, 0) is 0 Å². The molecule has 3 heterocycles. The highest BCUT2D eigenvalue weighted by molar-refractivity contribution is 5.94. The highest BCUT2D eigenvalue weighted by Crippen LogP contribution is 2.25. The van der Waals surface area contributed by atoms with Gasteiger partial charge in [-0.1, -0.05) is 5.16 Å². The molecule has 0 N–H and O–H groups in total. The van der Waals surface area contributed by atoms with Gasteiger partial charge < -0.3 is 19.1 Å². The Morgan fingerprint density at radius 1 is 0.882 bits per heavy atom. The van der Waals surface area contributed by atoms with Gasteiger partial charge in [-0.25, -0.2) is 4.98 Å². The summed E-state index contributed by atoms with van der Waals surface area (Å²) in [5, 5.41) is 4.09. The molecule has 0 amide bonds. The molecule has 8 heteroatoms. The second-order valence-electron chi connectivity index (χ2n) is 8.13. The summed E-state index contributed by atoms with van der Waals surface area (Å²) < 4.78 is 10.7. The van der Waals surface area contributed by atoms with Gasteiger partial charge >= 0.3 is 0 Å². The van der Waals surface area contributed by atoms with Gasteiger partial charge in [0.2, 0.25) is 5.82 Å². The smallest absolute Gasteiger partial charge is 0.259 e. The van der Waals surface area contributed by atoms with E-state index in [0.717, 1.165) is 60.1 Å². The van der Waals surface area contributed by atoms with Gasteiger partial charge in [0.25, 0.3) is 5.89 Å². The standard InChI is InChI=1S/C26H25N5O3/c1-18(32)19-3-8-22(9-4-19)30-13-15-31(16-14-30)24-12-7-21(17-27-24)26-28-25(29-34-26)20-5-10-23(33-2)11-6-20/h3-12,17H,13-16H2,1-2H3. The van der Waals surface area contributed by atoms with E-state index >= 15 is 0 Å². The summed E-state index contributed by atoms with van der Waals surface area (Å²) >= 11 is 0. The van der Waals surface area contributed by atoms with Crippen molar-refractivity contribution in [3.8, 4) is 28.6 Å². The molecule has 0 unspecified atom stereocenters. The number of methoxy groups -OCH3 is 1. The number of ether oxygens (including phenoxy) is 1.